The second-order valence-electron chi connectivity index (χ2n) is 7.94. The molecule has 1 fully saturated rings. The molecule has 1 amide bonds. The summed E-state index contributed by atoms with van der Waals surface area (Å²) >= 11 is 6.14. The van der Waals surface area contributed by atoms with Gasteiger partial charge >= 0.3 is 6.09 Å². The molecule has 2 aliphatic heterocycles. The minimum Gasteiger partial charge on any atom is -0.444 e. The summed E-state index contributed by atoms with van der Waals surface area (Å²) in [7, 11) is 0. The molecule has 138 valence electrons. The van der Waals surface area contributed by atoms with Crippen LogP contribution in [-0.4, -0.2) is 52.5 Å². The zero-order chi connectivity index (χ0) is 18.2. The third-order valence-corrected chi connectivity index (χ3v) is 5.21. The van der Waals surface area contributed by atoms with E-state index in [1.54, 1.807) is 0 Å². The lowest BCUT2D eigenvalue weighted by Gasteiger charge is -2.42. The smallest absolute Gasteiger partial charge is 0.410 e. The SMILES string of the molecule is Cc1c(Cl)nnc2c1CCCN2[C@@H]1CCCN(C(=O)OC(C)(C)C)C1. The first-order valence-corrected chi connectivity index (χ1v) is 9.40. The van der Waals surface area contributed by atoms with Crippen LogP contribution in [0, 0.1) is 6.92 Å². The Labute approximate surface area is 154 Å². The number of rotatable bonds is 1. The number of likely N-dealkylation sites (tertiary alicyclic amines) is 1. The average Bonchev–Trinajstić information content (AvgIpc) is 2.56. The predicted octanol–water partition coefficient (Wildman–Crippen LogP) is 3.59. The first kappa shape index (κ1) is 18.2. The molecule has 0 aromatic carbocycles. The van der Waals surface area contributed by atoms with Crippen LogP contribution in [0.2, 0.25) is 5.15 Å². The fourth-order valence-electron chi connectivity index (χ4n) is 3.64. The number of fused-ring (bicyclic) bond motifs is 1. The Morgan fingerprint density at radius 2 is 2.00 bits per heavy atom. The Morgan fingerprint density at radius 3 is 2.72 bits per heavy atom. The third-order valence-electron chi connectivity index (χ3n) is 4.85. The maximum absolute atomic E-state index is 12.4. The van der Waals surface area contributed by atoms with Gasteiger partial charge in [-0.15, -0.1) is 10.2 Å². The van der Waals surface area contributed by atoms with Crippen LogP contribution in [0.15, 0.2) is 0 Å². The van der Waals surface area contributed by atoms with Crippen molar-refractivity contribution in [3.8, 4) is 0 Å². The second-order valence-corrected chi connectivity index (χ2v) is 8.30. The van der Waals surface area contributed by atoms with Gasteiger partial charge < -0.3 is 14.5 Å². The van der Waals surface area contributed by atoms with Crippen molar-refractivity contribution in [1.82, 2.24) is 15.1 Å². The highest BCUT2D eigenvalue weighted by Gasteiger charge is 2.33. The lowest BCUT2D eigenvalue weighted by molar-refractivity contribution is 0.0197. The molecular weight excluding hydrogens is 340 g/mol. The van der Waals surface area contributed by atoms with Gasteiger partial charge in [-0.2, -0.15) is 0 Å². The highest BCUT2D eigenvalue weighted by Crippen LogP contribution is 2.33. The predicted molar refractivity (Wildman–Crippen MR) is 98.3 cm³/mol. The molecule has 25 heavy (non-hydrogen) atoms. The van der Waals surface area contributed by atoms with Crippen LogP contribution >= 0.6 is 11.6 Å². The third kappa shape index (κ3) is 4.00. The zero-order valence-electron chi connectivity index (χ0n) is 15.5. The summed E-state index contributed by atoms with van der Waals surface area (Å²) in [4.78, 5) is 16.6. The van der Waals surface area contributed by atoms with E-state index in [9.17, 15) is 4.79 Å². The fraction of sp³-hybridized carbons (Fsp3) is 0.722. The molecule has 1 saturated heterocycles. The summed E-state index contributed by atoms with van der Waals surface area (Å²) in [5.74, 6) is 0.934. The largest absolute Gasteiger partial charge is 0.444 e. The summed E-state index contributed by atoms with van der Waals surface area (Å²) in [6, 6.07) is 0.246. The normalized spacial score (nSPS) is 21.1. The molecule has 1 atom stereocenters. The quantitative estimate of drug-likeness (QED) is 0.760. The van der Waals surface area contributed by atoms with Gasteiger partial charge in [-0.3, -0.25) is 0 Å². The van der Waals surface area contributed by atoms with Crippen LogP contribution < -0.4 is 4.90 Å². The number of ether oxygens (including phenoxy) is 1. The summed E-state index contributed by atoms with van der Waals surface area (Å²) in [6.45, 7) is 10.1. The number of hydrogen-bond donors (Lipinski definition) is 0. The molecule has 7 heteroatoms. The number of hydrogen-bond acceptors (Lipinski definition) is 5. The molecule has 0 bridgehead atoms. The Balaban J connectivity index is 1.77. The number of amides is 1. The Hall–Kier alpha value is -1.56. The Kier molecular flexibility index (Phi) is 5.09. The second kappa shape index (κ2) is 6.98. The minimum absolute atomic E-state index is 0.229. The van der Waals surface area contributed by atoms with E-state index in [-0.39, 0.29) is 12.1 Å². The van der Waals surface area contributed by atoms with Crippen molar-refractivity contribution in [2.75, 3.05) is 24.5 Å². The molecule has 0 saturated carbocycles. The van der Waals surface area contributed by atoms with Gasteiger partial charge in [0, 0.05) is 31.2 Å². The first-order valence-electron chi connectivity index (χ1n) is 9.02. The summed E-state index contributed by atoms with van der Waals surface area (Å²) < 4.78 is 5.54. The summed E-state index contributed by atoms with van der Waals surface area (Å²) in [5.41, 5.74) is 1.75. The van der Waals surface area contributed by atoms with E-state index in [1.807, 2.05) is 32.6 Å². The fourth-order valence-corrected chi connectivity index (χ4v) is 3.79. The molecule has 3 heterocycles. The highest BCUT2D eigenvalue weighted by molar-refractivity contribution is 6.30. The molecule has 0 radical (unpaired) electrons. The number of halogens is 1. The van der Waals surface area contributed by atoms with Crippen LogP contribution in [-0.2, 0) is 11.2 Å². The molecule has 2 aliphatic rings. The number of anilines is 1. The summed E-state index contributed by atoms with van der Waals surface area (Å²) in [6.07, 6.45) is 3.83. The molecule has 0 aliphatic carbocycles. The van der Waals surface area contributed by atoms with Crippen molar-refractivity contribution in [2.45, 2.75) is 65.0 Å². The number of piperidine rings is 1. The van der Waals surface area contributed by atoms with Gasteiger partial charge in [0.15, 0.2) is 11.0 Å². The van der Waals surface area contributed by atoms with E-state index in [0.717, 1.165) is 50.2 Å². The van der Waals surface area contributed by atoms with Crippen LogP contribution in [0.1, 0.15) is 51.2 Å². The Morgan fingerprint density at radius 1 is 1.24 bits per heavy atom. The molecule has 0 unspecified atom stereocenters. The molecule has 1 aromatic rings. The Bertz CT molecular complexity index is 659. The maximum atomic E-state index is 12.4. The number of nitrogens with zero attached hydrogens (tertiary/aromatic N) is 4. The van der Waals surface area contributed by atoms with Crippen LogP contribution in [0.3, 0.4) is 0 Å². The van der Waals surface area contributed by atoms with E-state index >= 15 is 0 Å². The number of aromatic nitrogens is 2. The number of carbonyl (C=O) groups is 1. The monoisotopic (exact) mass is 366 g/mol. The van der Waals surface area contributed by atoms with E-state index in [1.165, 1.54) is 5.56 Å². The minimum atomic E-state index is -0.471. The van der Waals surface area contributed by atoms with Crippen molar-refractivity contribution in [3.63, 3.8) is 0 Å². The van der Waals surface area contributed by atoms with Gasteiger partial charge in [-0.05, 0) is 58.9 Å². The van der Waals surface area contributed by atoms with Crippen molar-refractivity contribution >= 4 is 23.5 Å². The van der Waals surface area contributed by atoms with Crippen molar-refractivity contribution in [3.05, 3.63) is 16.3 Å². The molecule has 0 N–H and O–H groups in total. The topological polar surface area (TPSA) is 58.6 Å². The first-order chi connectivity index (χ1) is 11.8. The summed E-state index contributed by atoms with van der Waals surface area (Å²) in [5, 5.41) is 8.97. The van der Waals surface area contributed by atoms with Gasteiger partial charge in [-0.25, -0.2) is 4.79 Å². The van der Waals surface area contributed by atoms with Gasteiger partial charge in [0.05, 0.1) is 0 Å². The van der Waals surface area contributed by atoms with Gasteiger partial charge in [-0.1, -0.05) is 11.6 Å². The van der Waals surface area contributed by atoms with Crippen LogP contribution in [0.25, 0.3) is 0 Å². The van der Waals surface area contributed by atoms with Gasteiger partial charge in [0.25, 0.3) is 0 Å². The van der Waals surface area contributed by atoms with E-state index in [2.05, 4.69) is 15.1 Å². The van der Waals surface area contributed by atoms with E-state index in [4.69, 9.17) is 16.3 Å². The molecule has 0 spiro atoms. The zero-order valence-corrected chi connectivity index (χ0v) is 16.3. The number of carbonyl (C=O) groups excluding carboxylic acids is 1. The van der Waals surface area contributed by atoms with E-state index < -0.39 is 5.60 Å². The molecule has 3 rings (SSSR count). The van der Waals surface area contributed by atoms with Gasteiger partial charge in [0.1, 0.15) is 5.60 Å². The molecule has 1 aromatic heterocycles. The lowest BCUT2D eigenvalue weighted by atomic mass is 9.97. The lowest BCUT2D eigenvalue weighted by Crippen LogP contribution is -2.52. The van der Waals surface area contributed by atoms with Crippen molar-refractivity contribution in [2.24, 2.45) is 0 Å². The molecule has 6 nitrogen and oxygen atoms in total. The molecular formula is C18H27ClN4O2. The van der Waals surface area contributed by atoms with E-state index in [0.29, 0.717) is 11.7 Å². The van der Waals surface area contributed by atoms with Crippen molar-refractivity contribution in [1.29, 1.82) is 0 Å². The highest BCUT2D eigenvalue weighted by atomic mass is 35.5. The van der Waals surface area contributed by atoms with Crippen LogP contribution in [0.5, 0.6) is 0 Å². The van der Waals surface area contributed by atoms with Crippen LogP contribution in [0.4, 0.5) is 10.6 Å². The maximum Gasteiger partial charge on any atom is 0.410 e. The average molecular weight is 367 g/mol. The standard InChI is InChI=1S/C18H27ClN4O2/c1-12-14-8-6-10-23(16(14)21-20-15(12)19)13-7-5-9-22(11-13)17(24)25-18(2,3)4/h13H,5-11H2,1-4H3/t13-/m1/s1. The van der Waals surface area contributed by atoms with Gasteiger partial charge in [0.2, 0.25) is 0 Å². The van der Waals surface area contributed by atoms with Crippen molar-refractivity contribution < 1.29 is 9.53 Å².